The molecule has 2 N–H and O–H groups in total. The zero-order valence-corrected chi connectivity index (χ0v) is 11.9. The van der Waals surface area contributed by atoms with E-state index in [-0.39, 0.29) is 25.1 Å². The number of carbonyl (C=O) groups is 3. The summed E-state index contributed by atoms with van der Waals surface area (Å²) in [7, 11) is 0. The van der Waals surface area contributed by atoms with Crippen LogP contribution in [0.4, 0.5) is 0 Å². The number of H-pyrrole nitrogens is 1. The van der Waals surface area contributed by atoms with Crippen molar-refractivity contribution in [2.75, 3.05) is 19.7 Å². The number of carbonyl (C=O) groups excluding carboxylic acids is 3. The first-order valence-corrected chi connectivity index (χ1v) is 6.97. The monoisotopic (exact) mass is 293 g/mol. The van der Waals surface area contributed by atoms with Crippen LogP contribution in [-0.4, -0.2) is 53.4 Å². The highest BCUT2D eigenvalue weighted by Crippen LogP contribution is 2.26. The molecule has 1 aromatic rings. The van der Waals surface area contributed by atoms with Gasteiger partial charge < -0.3 is 9.72 Å². The molecule has 1 saturated carbocycles. The number of hydrogen-bond donors (Lipinski definition) is 2. The van der Waals surface area contributed by atoms with E-state index in [1.54, 1.807) is 30.2 Å². The summed E-state index contributed by atoms with van der Waals surface area (Å²) < 4.78 is 4.89. The van der Waals surface area contributed by atoms with Crippen molar-refractivity contribution in [3.05, 3.63) is 24.0 Å². The van der Waals surface area contributed by atoms with Gasteiger partial charge in [0, 0.05) is 12.2 Å². The number of aromatic amines is 1. The average Bonchev–Trinajstić information content (AvgIpc) is 3.12. The molecule has 114 valence electrons. The average molecular weight is 293 g/mol. The zero-order chi connectivity index (χ0) is 15.2. The Morgan fingerprint density at radius 3 is 2.71 bits per heavy atom. The van der Waals surface area contributed by atoms with Gasteiger partial charge in [-0.3, -0.25) is 24.6 Å². The molecule has 1 fully saturated rings. The van der Waals surface area contributed by atoms with Gasteiger partial charge in [-0.2, -0.15) is 0 Å². The second-order valence-corrected chi connectivity index (χ2v) is 4.90. The number of ether oxygens (including phenoxy) is 1. The number of esters is 1. The van der Waals surface area contributed by atoms with Crippen LogP contribution in [-0.2, 0) is 14.3 Å². The van der Waals surface area contributed by atoms with Gasteiger partial charge in [0.2, 0.25) is 5.91 Å². The summed E-state index contributed by atoms with van der Waals surface area (Å²) in [5, 5.41) is 2.30. The van der Waals surface area contributed by atoms with Gasteiger partial charge in [0.05, 0.1) is 19.7 Å². The molecule has 2 rings (SSSR count). The van der Waals surface area contributed by atoms with Crippen LogP contribution in [0.15, 0.2) is 18.3 Å². The van der Waals surface area contributed by atoms with E-state index in [0.29, 0.717) is 12.3 Å². The molecular weight excluding hydrogens is 274 g/mol. The largest absolute Gasteiger partial charge is 0.465 e. The van der Waals surface area contributed by atoms with Crippen molar-refractivity contribution in [1.82, 2.24) is 15.2 Å². The molecule has 2 amide bonds. The molecule has 0 radical (unpaired) electrons. The molecule has 0 atom stereocenters. The highest BCUT2D eigenvalue weighted by molar-refractivity contribution is 6.04. The number of hydrogen-bond acceptors (Lipinski definition) is 5. The van der Waals surface area contributed by atoms with Crippen molar-refractivity contribution in [3.8, 4) is 0 Å². The molecular formula is C14H19N3O4. The van der Waals surface area contributed by atoms with Crippen molar-refractivity contribution >= 4 is 17.8 Å². The summed E-state index contributed by atoms with van der Waals surface area (Å²) in [6.45, 7) is 2.13. The number of amides is 2. The minimum absolute atomic E-state index is 0.00985. The van der Waals surface area contributed by atoms with Gasteiger partial charge in [0.15, 0.2) is 0 Å². The molecule has 1 aliphatic rings. The molecule has 0 unspecified atom stereocenters. The maximum atomic E-state index is 11.9. The number of aromatic nitrogens is 1. The second-order valence-electron chi connectivity index (χ2n) is 4.90. The summed E-state index contributed by atoms with van der Waals surface area (Å²) >= 11 is 0. The Labute approximate surface area is 122 Å². The lowest BCUT2D eigenvalue weighted by Gasteiger charge is -2.19. The molecule has 0 aromatic carbocycles. The standard InChI is InChI=1S/C14H19N3O4/c1-2-21-13(19)9-17(10-5-6-10)8-12(18)16-14(20)11-4-3-7-15-11/h3-4,7,10,15H,2,5-6,8-9H2,1H3,(H,16,18,20). The van der Waals surface area contributed by atoms with Gasteiger partial charge in [-0.25, -0.2) is 0 Å². The third kappa shape index (κ3) is 4.71. The first-order valence-electron chi connectivity index (χ1n) is 6.97. The van der Waals surface area contributed by atoms with Crippen molar-refractivity contribution in [3.63, 3.8) is 0 Å². The fourth-order valence-electron chi connectivity index (χ4n) is 2.02. The summed E-state index contributed by atoms with van der Waals surface area (Å²) in [6.07, 6.45) is 3.52. The molecule has 0 saturated heterocycles. The van der Waals surface area contributed by atoms with E-state index in [0.717, 1.165) is 12.8 Å². The topological polar surface area (TPSA) is 91.5 Å². The van der Waals surface area contributed by atoms with Gasteiger partial charge in [-0.05, 0) is 31.9 Å². The maximum Gasteiger partial charge on any atom is 0.320 e. The van der Waals surface area contributed by atoms with Crippen LogP contribution in [0, 0.1) is 0 Å². The number of nitrogens with zero attached hydrogens (tertiary/aromatic N) is 1. The van der Waals surface area contributed by atoms with E-state index in [1.807, 2.05) is 0 Å². The molecule has 21 heavy (non-hydrogen) atoms. The van der Waals surface area contributed by atoms with E-state index < -0.39 is 11.8 Å². The summed E-state index contributed by atoms with van der Waals surface area (Å²) in [6, 6.07) is 3.48. The molecule has 0 spiro atoms. The predicted octanol–water partition coefficient (Wildman–Crippen LogP) is 0.299. The lowest BCUT2D eigenvalue weighted by Crippen LogP contribution is -2.43. The van der Waals surface area contributed by atoms with E-state index >= 15 is 0 Å². The Balaban J connectivity index is 1.83. The Bertz CT molecular complexity index is 508. The molecule has 0 aliphatic heterocycles. The number of rotatable bonds is 7. The minimum Gasteiger partial charge on any atom is -0.465 e. The molecule has 7 heteroatoms. The van der Waals surface area contributed by atoms with Crippen molar-refractivity contribution in [2.45, 2.75) is 25.8 Å². The first-order chi connectivity index (χ1) is 10.1. The van der Waals surface area contributed by atoms with Crippen LogP contribution in [0.25, 0.3) is 0 Å². The SMILES string of the molecule is CCOC(=O)CN(CC(=O)NC(=O)c1ccc[nH]1)C1CC1. The number of nitrogens with one attached hydrogen (secondary N) is 2. The molecule has 7 nitrogen and oxygen atoms in total. The Hall–Kier alpha value is -2.15. The van der Waals surface area contributed by atoms with Crippen LogP contribution in [0.5, 0.6) is 0 Å². The summed E-state index contributed by atoms with van der Waals surface area (Å²) in [5.74, 6) is -1.25. The van der Waals surface area contributed by atoms with Gasteiger partial charge in [0.1, 0.15) is 5.69 Å². The van der Waals surface area contributed by atoms with E-state index in [9.17, 15) is 14.4 Å². The Kier molecular flexibility index (Phi) is 5.10. The summed E-state index contributed by atoms with van der Waals surface area (Å²) in [5.41, 5.74) is 0.326. The van der Waals surface area contributed by atoms with E-state index in [4.69, 9.17) is 4.74 Å². The van der Waals surface area contributed by atoms with Crippen LogP contribution in [0.1, 0.15) is 30.3 Å². The quantitative estimate of drug-likeness (QED) is 0.705. The van der Waals surface area contributed by atoms with Crippen molar-refractivity contribution < 1.29 is 19.1 Å². The van der Waals surface area contributed by atoms with Crippen LogP contribution in [0.2, 0.25) is 0 Å². The fourth-order valence-corrected chi connectivity index (χ4v) is 2.02. The highest BCUT2D eigenvalue weighted by Gasteiger charge is 2.32. The molecule has 1 aromatic heterocycles. The Morgan fingerprint density at radius 2 is 2.14 bits per heavy atom. The normalized spacial score (nSPS) is 14.0. The summed E-state index contributed by atoms with van der Waals surface area (Å²) in [4.78, 5) is 39.6. The van der Waals surface area contributed by atoms with Gasteiger partial charge in [-0.1, -0.05) is 0 Å². The van der Waals surface area contributed by atoms with Crippen LogP contribution in [0.3, 0.4) is 0 Å². The molecule has 0 bridgehead atoms. The van der Waals surface area contributed by atoms with Crippen LogP contribution >= 0.6 is 0 Å². The molecule has 1 aliphatic carbocycles. The van der Waals surface area contributed by atoms with Gasteiger partial charge in [-0.15, -0.1) is 0 Å². The minimum atomic E-state index is -0.475. The van der Waals surface area contributed by atoms with E-state index in [2.05, 4.69) is 10.3 Å². The fraction of sp³-hybridized carbons (Fsp3) is 0.500. The Morgan fingerprint density at radius 1 is 1.38 bits per heavy atom. The van der Waals surface area contributed by atoms with Crippen molar-refractivity contribution in [1.29, 1.82) is 0 Å². The van der Waals surface area contributed by atoms with E-state index in [1.165, 1.54) is 0 Å². The highest BCUT2D eigenvalue weighted by atomic mass is 16.5. The lowest BCUT2D eigenvalue weighted by atomic mass is 10.3. The third-order valence-corrected chi connectivity index (χ3v) is 3.14. The van der Waals surface area contributed by atoms with Gasteiger partial charge in [0.25, 0.3) is 5.91 Å². The first kappa shape index (κ1) is 15.2. The molecule has 1 heterocycles. The number of imide groups is 1. The zero-order valence-electron chi connectivity index (χ0n) is 11.9. The predicted molar refractivity (Wildman–Crippen MR) is 74.5 cm³/mol. The third-order valence-electron chi connectivity index (χ3n) is 3.14. The van der Waals surface area contributed by atoms with Crippen LogP contribution < -0.4 is 5.32 Å². The lowest BCUT2D eigenvalue weighted by molar-refractivity contribution is -0.144. The van der Waals surface area contributed by atoms with Crippen molar-refractivity contribution in [2.24, 2.45) is 0 Å². The maximum absolute atomic E-state index is 11.9. The smallest absolute Gasteiger partial charge is 0.320 e. The second kappa shape index (κ2) is 7.03. The van der Waals surface area contributed by atoms with Gasteiger partial charge >= 0.3 is 5.97 Å².